The maximum absolute atomic E-state index is 11.8. The van der Waals surface area contributed by atoms with Crippen LogP contribution in [0.25, 0.3) is 0 Å². The summed E-state index contributed by atoms with van der Waals surface area (Å²) in [5, 5.41) is 0.707. The summed E-state index contributed by atoms with van der Waals surface area (Å²) in [7, 11) is 3.40. The molecule has 0 radical (unpaired) electrons. The first-order valence-corrected chi connectivity index (χ1v) is 10.9. The lowest BCUT2D eigenvalue weighted by Crippen LogP contribution is -2.14. The molecular weight excluding hydrogens is 384 g/mol. The molecular formula is C24H33ClN2O2. The van der Waals surface area contributed by atoms with E-state index < -0.39 is 0 Å². The van der Waals surface area contributed by atoms with Crippen LogP contribution in [-0.2, 0) is 23.0 Å². The van der Waals surface area contributed by atoms with Crippen molar-refractivity contribution in [2.24, 2.45) is 12.0 Å². The van der Waals surface area contributed by atoms with Crippen LogP contribution in [0.5, 0.6) is 0 Å². The molecule has 0 spiro atoms. The predicted molar refractivity (Wildman–Crippen MR) is 121 cm³/mol. The first kappa shape index (κ1) is 23.2. The molecule has 29 heavy (non-hydrogen) atoms. The third kappa shape index (κ3) is 6.74. The summed E-state index contributed by atoms with van der Waals surface area (Å²) in [5.74, 6) is -0.241. The topological polar surface area (TPSA) is 43.6 Å². The molecule has 2 rings (SSSR count). The van der Waals surface area contributed by atoms with Crippen LogP contribution >= 0.6 is 11.6 Å². The summed E-state index contributed by atoms with van der Waals surface area (Å²) in [6.45, 7) is 5.09. The van der Waals surface area contributed by atoms with Gasteiger partial charge in [0.15, 0.2) is 0 Å². The zero-order chi connectivity index (χ0) is 21.2. The number of rotatable bonds is 11. The van der Waals surface area contributed by atoms with Crippen molar-refractivity contribution in [1.29, 1.82) is 0 Å². The Morgan fingerprint density at radius 2 is 1.76 bits per heavy atom. The van der Waals surface area contributed by atoms with Gasteiger partial charge in [0, 0.05) is 29.9 Å². The molecule has 0 bridgehead atoms. The standard InChI is InChI=1S/C24H33ClN2O2/c1-5-6-7-8-9-10-15-26-23(19-11-13-20(25)14-12-19)24-18(2)16-21(27(24)3)17-22(28)29-4/h11-14,16H,5-10,15,17H2,1-4H3. The molecule has 0 saturated heterocycles. The summed E-state index contributed by atoms with van der Waals surface area (Å²) >= 11 is 6.09. The van der Waals surface area contributed by atoms with E-state index in [1.165, 1.54) is 39.2 Å². The molecule has 0 aliphatic carbocycles. The second-order valence-corrected chi connectivity index (χ2v) is 7.92. The van der Waals surface area contributed by atoms with Crippen LogP contribution in [0, 0.1) is 6.92 Å². The Morgan fingerprint density at radius 1 is 1.10 bits per heavy atom. The molecule has 0 fully saturated rings. The van der Waals surface area contributed by atoms with Gasteiger partial charge < -0.3 is 9.30 Å². The van der Waals surface area contributed by atoms with Crippen LogP contribution in [0.3, 0.4) is 0 Å². The molecule has 0 unspecified atom stereocenters. The van der Waals surface area contributed by atoms with Crippen LogP contribution < -0.4 is 0 Å². The normalized spacial score (nSPS) is 11.7. The molecule has 0 saturated carbocycles. The molecule has 1 heterocycles. The molecule has 0 N–H and O–H groups in total. The number of hydrogen-bond donors (Lipinski definition) is 0. The monoisotopic (exact) mass is 416 g/mol. The van der Waals surface area contributed by atoms with Crippen LogP contribution in [0.1, 0.15) is 68.0 Å². The van der Waals surface area contributed by atoms with Crippen molar-refractivity contribution in [2.45, 2.75) is 58.8 Å². The van der Waals surface area contributed by atoms with Crippen LogP contribution in [-0.4, -0.2) is 29.9 Å². The molecule has 0 amide bonds. The quantitative estimate of drug-likeness (QED) is 0.260. The molecule has 158 valence electrons. The number of unbranched alkanes of at least 4 members (excludes halogenated alkanes) is 5. The highest BCUT2D eigenvalue weighted by Gasteiger charge is 2.18. The van der Waals surface area contributed by atoms with Gasteiger partial charge in [-0.2, -0.15) is 0 Å². The summed E-state index contributed by atoms with van der Waals surface area (Å²) < 4.78 is 6.90. The fraction of sp³-hybridized carbons (Fsp3) is 0.500. The Balaban J connectivity index is 2.27. The second-order valence-electron chi connectivity index (χ2n) is 7.48. The number of methoxy groups -OCH3 is 1. The maximum Gasteiger partial charge on any atom is 0.311 e. The zero-order valence-corrected chi connectivity index (χ0v) is 18.9. The summed E-state index contributed by atoms with van der Waals surface area (Å²) in [4.78, 5) is 16.8. The number of carbonyl (C=O) groups is 1. The minimum absolute atomic E-state index is 0.241. The van der Waals surface area contributed by atoms with E-state index in [0.717, 1.165) is 41.2 Å². The molecule has 5 heteroatoms. The number of benzene rings is 1. The lowest BCUT2D eigenvalue weighted by molar-refractivity contribution is -0.139. The number of nitrogens with zero attached hydrogens (tertiary/aromatic N) is 2. The second kappa shape index (κ2) is 11.8. The third-order valence-corrected chi connectivity index (χ3v) is 5.45. The van der Waals surface area contributed by atoms with E-state index in [9.17, 15) is 4.79 Å². The van der Waals surface area contributed by atoms with Crippen molar-refractivity contribution in [3.05, 3.63) is 57.9 Å². The third-order valence-electron chi connectivity index (χ3n) is 5.20. The molecule has 1 aromatic heterocycles. The Morgan fingerprint density at radius 3 is 2.41 bits per heavy atom. The van der Waals surface area contributed by atoms with Crippen molar-refractivity contribution in [3.8, 4) is 0 Å². The molecule has 1 aromatic carbocycles. The van der Waals surface area contributed by atoms with E-state index in [1.807, 2.05) is 37.4 Å². The Hall–Kier alpha value is -2.07. The highest BCUT2D eigenvalue weighted by molar-refractivity contribution is 6.30. The van der Waals surface area contributed by atoms with Gasteiger partial charge in [0.1, 0.15) is 0 Å². The van der Waals surface area contributed by atoms with Gasteiger partial charge in [-0.25, -0.2) is 0 Å². The first-order chi connectivity index (χ1) is 14.0. The summed E-state index contributed by atoms with van der Waals surface area (Å²) in [5.41, 5.74) is 5.05. The van der Waals surface area contributed by atoms with E-state index in [4.69, 9.17) is 21.3 Å². The minimum atomic E-state index is -0.241. The van der Waals surface area contributed by atoms with E-state index in [0.29, 0.717) is 5.02 Å². The lowest BCUT2D eigenvalue weighted by atomic mass is 10.0. The van der Waals surface area contributed by atoms with Gasteiger partial charge in [0.2, 0.25) is 0 Å². The zero-order valence-electron chi connectivity index (χ0n) is 18.1. The van der Waals surface area contributed by atoms with Gasteiger partial charge in [-0.05, 0) is 37.1 Å². The van der Waals surface area contributed by atoms with Crippen molar-refractivity contribution >= 4 is 23.3 Å². The fourth-order valence-electron chi connectivity index (χ4n) is 3.55. The number of aliphatic imine (C=N–C) groups is 1. The van der Waals surface area contributed by atoms with E-state index in [1.54, 1.807) is 0 Å². The minimum Gasteiger partial charge on any atom is -0.469 e. The van der Waals surface area contributed by atoms with Crippen LogP contribution in [0.15, 0.2) is 35.3 Å². The number of hydrogen-bond acceptors (Lipinski definition) is 3. The largest absolute Gasteiger partial charge is 0.469 e. The van der Waals surface area contributed by atoms with Gasteiger partial charge in [-0.1, -0.05) is 62.8 Å². The van der Waals surface area contributed by atoms with E-state index >= 15 is 0 Å². The van der Waals surface area contributed by atoms with Gasteiger partial charge in [0.05, 0.1) is 24.9 Å². The number of carbonyl (C=O) groups excluding carboxylic acids is 1. The fourth-order valence-corrected chi connectivity index (χ4v) is 3.68. The Labute approximate surface area is 179 Å². The number of ether oxygens (including phenoxy) is 1. The summed E-state index contributed by atoms with van der Waals surface area (Å²) in [6, 6.07) is 9.85. The van der Waals surface area contributed by atoms with Crippen LogP contribution in [0.4, 0.5) is 0 Å². The smallest absolute Gasteiger partial charge is 0.311 e. The maximum atomic E-state index is 11.8. The van der Waals surface area contributed by atoms with Gasteiger partial charge in [-0.15, -0.1) is 0 Å². The molecule has 0 aliphatic rings. The molecule has 4 nitrogen and oxygen atoms in total. The van der Waals surface area contributed by atoms with E-state index in [2.05, 4.69) is 18.4 Å². The SMILES string of the molecule is CCCCCCCCN=C(c1ccc(Cl)cc1)c1c(C)cc(CC(=O)OC)n1C. The number of aromatic nitrogens is 1. The lowest BCUT2D eigenvalue weighted by Gasteiger charge is -2.12. The van der Waals surface area contributed by atoms with E-state index in [-0.39, 0.29) is 12.4 Å². The van der Waals surface area contributed by atoms with Gasteiger partial charge >= 0.3 is 5.97 Å². The van der Waals surface area contributed by atoms with Crippen LogP contribution in [0.2, 0.25) is 5.02 Å². The molecule has 0 aliphatic heterocycles. The van der Waals surface area contributed by atoms with Crippen molar-refractivity contribution in [3.63, 3.8) is 0 Å². The molecule has 0 atom stereocenters. The highest BCUT2D eigenvalue weighted by atomic mass is 35.5. The average Bonchev–Trinajstić information content (AvgIpc) is 2.98. The van der Waals surface area contributed by atoms with Crippen molar-refractivity contribution < 1.29 is 9.53 Å². The highest BCUT2D eigenvalue weighted by Crippen LogP contribution is 2.21. The number of halogens is 1. The Kier molecular flexibility index (Phi) is 9.46. The van der Waals surface area contributed by atoms with Gasteiger partial charge in [0.25, 0.3) is 0 Å². The number of aryl methyl sites for hydroxylation is 1. The molecule has 2 aromatic rings. The predicted octanol–water partition coefficient (Wildman–Crippen LogP) is 5.90. The first-order valence-electron chi connectivity index (χ1n) is 10.5. The number of esters is 1. The van der Waals surface area contributed by atoms with Crippen molar-refractivity contribution in [1.82, 2.24) is 4.57 Å². The average molecular weight is 417 g/mol. The Bertz CT molecular complexity index is 822. The van der Waals surface area contributed by atoms with Gasteiger partial charge in [-0.3, -0.25) is 9.79 Å². The van der Waals surface area contributed by atoms with Crippen molar-refractivity contribution in [2.75, 3.05) is 13.7 Å². The summed E-state index contributed by atoms with van der Waals surface area (Å²) in [6.07, 6.45) is 7.68.